The second-order valence-electron chi connectivity index (χ2n) is 3.98. The zero-order chi connectivity index (χ0) is 13.1. The summed E-state index contributed by atoms with van der Waals surface area (Å²) < 4.78 is 0. The minimum Gasteiger partial charge on any atom is -0.508 e. The van der Waals surface area contributed by atoms with E-state index in [1.165, 1.54) is 18.2 Å². The van der Waals surface area contributed by atoms with Crippen LogP contribution in [0.1, 0.15) is 17.3 Å². The van der Waals surface area contributed by atoms with E-state index in [0.29, 0.717) is 0 Å². The van der Waals surface area contributed by atoms with Crippen LogP contribution in [0.4, 0.5) is 0 Å². The molecule has 0 radical (unpaired) electrons. The molecule has 1 rings (SSSR count). The lowest BCUT2D eigenvalue weighted by atomic mass is 10.1. The van der Waals surface area contributed by atoms with Gasteiger partial charge in [-0.05, 0) is 25.1 Å². The number of carbonyl (C=O) groups excluding carboxylic acids is 1. The molecule has 0 aromatic heterocycles. The highest BCUT2D eigenvalue weighted by Gasteiger charge is 2.26. The molecule has 0 atom stereocenters. The Morgan fingerprint density at radius 1 is 1.35 bits per heavy atom. The van der Waals surface area contributed by atoms with E-state index >= 15 is 0 Å². The van der Waals surface area contributed by atoms with Gasteiger partial charge in [0, 0.05) is 11.8 Å². The Kier molecular flexibility index (Phi) is 4.48. The fraction of sp³-hybridized carbons (Fsp3) is 0.364. The van der Waals surface area contributed by atoms with Crippen LogP contribution in [-0.4, -0.2) is 33.4 Å². The van der Waals surface area contributed by atoms with E-state index in [1.54, 1.807) is 6.92 Å². The summed E-state index contributed by atoms with van der Waals surface area (Å²) in [7, 11) is 0. The van der Waals surface area contributed by atoms with Crippen LogP contribution in [0.2, 0.25) is 0 Å². The summed E-state index contributed by atoms with van der Waals surface area (Å²) in [5, 5.41) is 21.4. The number of hydrogen-bond acceptors (Lipinski definition) is 3. The van der Waals surface area contributed by atoms with Crippen molar-refractivity contribution < 1.29 is 15.0 Å². The SMILES string of the molecule is CC(CCl)(CCl)NC(=O)c1cc(O)ccc1O. The number of carbonyl (C=O) groups is 1. The molecule has 0 saturated heterocycles. The van der Waals surface area contributed by atoms with E-state index in [2.05, 4.69) is 5.32 Å². The third-order valence-corrected chi connectivity index (χ3v) is 3.41. The van der Waals surface area contributed by atoms with Gasteiger partial charge >= 0.3 is 0 Å². The first kappa shape index (κ1) is 13.9. The molecular weight excluding hydrogens is 265 g/mol. The van der Waals surface area contributed by atoms with Gasteiger partial charge < -0.3 is 15.5 Å². The van der Waals surface area contributed by atoms with Crippen molar-refractivity contribution in [2.24, 2.45) is 0 Å². The number of amides is 1. The maximum atomic E-state index is 11.9. The molecule has 0 fully saturated rings. The zero-order valence-electron chi connectivity index (χ0n) is 9.20. The fourth-order valence-electron chi connectivity index (χ4n) is 1.15. The maximum Gasteiger partial charge on any atom is 0.255 e. The predicted molar refractivity (Wildman–Crippen MR) is 67.1 cm³/mol. The van der Waals surface area contributed by atoms with Crippen molar-refractivity contribution in [3.8, 4) is 11.5 Å². The Bertz CT molecular complexity index is 419. The van der Waals surface area contributed by atoms with Gasteiger partial charge in [-0.2, -0.15) is 0 Å². The Balaban J connectivity index is 2.94. The van der Waals surface area contributed by atoms with Crippen molar-refractivity contribution in [1.82, 2.24) is 5.32 Å². The predicted octanol–water partition coefficient (Wildman–Crippen LogP) is 2.06. The van der Waals surface area contributed by atoms with Crippen molar-refractivity contribution in [3.63, 3.8) is 0 Å². The van der Waals surface area contributed by atoms with Gasteiger partial charge in [-0.1, -0.05) is 0 Å². The summed E-state index contributed by atoms with van der Waals surface area (Å²) in [5.41, 5.74) is -0.788. The third-order valence-electron chi connectivity index (χ3n) is 2.23. The zero-order valence-corrected chi connectivity index (χ0v) is 10.7. The lowest BCUT2D eigenvalue weighted by Crippen LogP contribution is -2.49. The van der Waals surface area contributed by atoms with E-state index in [4.69, 9.17) is 23.2 Å². The van der Waals surface area contributed by atoms with Crippen LogP contribution in [0.3, 0.4) is 0 Å². The van der Waals surface area contributed by atoms with Crippen molar-refractivity contribution in [3.05, 3.63) is 23.8 Å². The average Bonchev–Trinajstić information content (AvgIpc) is 2.32. The molecule has 3 N–H and O–H groups in total. The molecule has 1 amide bonds. The lowest BCUT2D eigenvalue weighted by molar-refractivity contribution is 0.0918. The number of alkyl halides is 2. The quantitative estimate of drug-likeness (QED) is 0.583. The highest BCUT2D eigenvalue weighted by atomic mass is 35.5. The number of nitrogens with one attached hydrogen (secondary N) is 1. The smallest absolute Gasteiger partial charge is 0.255 e. The van der Waals surface area contributed by atoms with E-state index in [1.807, 2.05) is 0 Å². The monoisotopic (exact) mass is 277 g/mol. The van der Waals surface area contributed by atoms with Crippen molar-refractivity contribution >= 4 is 29.1 Å². The maximum absolute atomic E-state index is 11.9. The molecule has 0 aliphatic rings. The molecule has 0 heterocycles. The lowest BCUT2D eigenvalue weighted by Gasteiger charge is -2.26. The van der Waals surface area contributed by atoms with Crippen molar-refractivity contribution in [1.29, 1.82) is 0 Å². The van der Waals surface area contributed by atoms with E-state index in [9.17, 15) is 15.0 Å². The van der Waals surface area contributed by atoms with Crippen LogP contribution in [0.25, 0.3) is 0 Å². The molecule has 0 spiro atoms. The molecule has 0 aliphatic heterocycles. The molecule has 94 valence electrons. The number of hydrogen-bond donors (Lipinski definition) is 3. The Hall–Kier alpha value is -1.13. The number of benzene rings is 1. The number of phenols is 2. The molecule has 1 aromatic carbocycles. The first-order valence-electron chi connectivity index (χ1n) is 4.88. The molecule has 0 bridgehead atoms. The van der Waals surface area contributed by atoms with Crippen LogP contribution >= 0.6 is 23.2 Å². The van der Waals surface area contributed by atoms with Gasteiger partial charge in [0.05, 0.1) is 11.1 Å². The van der Waals surface area contributed by atoms with Crippen molar-refractivity contribution in [2.45, 2.75) is 12.5 Å². The van der Waals surface area contributed by atoms with Gasteiger partial charge in [-0.25, -0.2) is 0 Å². The second-order valence-corrected chi connectivity index (χ2v) is 4.52. The van der Waals surface area contributed by atoms with Crippen LogP contribution in [0, 0.1) is 0 Å². The fourth-order valence-corrected chi connectivity index (χ4v) is 1.57. The number of phenolic OH excluding ortho intramolecular Hbond substituents is 2. The summed E-state index contributed by atoms with van der Waals surface area (Å²) in [6.45, 7) is 1.69. The molecule has 0 aliphatic carbocycles. The van der Waals surface area contributed by atoms with Crippen LogP contribution in [0.15, 0.2) is 18.2 Å². The molecule has 0 saturated carbocycles. The summed E-state index contributed by atoms with van der Waals surface area (Å²) in [6, 6.07) is 3.70. The summed E-state index contributed by atoms with van der Waals surface area (Å²) in [4.78, 5) is 11.9. The average molecular weight is 278 g/mol. The normalized spacial score (nSPS) is 11.2. The van der Waals surface area contributed by atoms with Crippen LogP contribution in [-0.2, 0) is 0 Å². The Labute approximate surface area is 109 Å². The molecule has 1 aromatic rings. The molecule has 4 nitrogen and oxygen atoms in total. The molecule has 0 unspecified atom stereocenters. The van der Waals surface area contributed by atoms with Gasteiger partial charge in [0.1, 0.15) is 11.5 Å². The topological polar surface area (TPSA) is 69.6 Å². The molecule has 6 heteroatoms. The van der Waals surface area contributed by atoms with Gasteiger partial charge in [-0.15, -0.1) is 23.2 Å². The van der Waals surface area contributed by atoms with Gasteiger partial charge in [0.15, 0.2) is 0 Å². The second kappa shape index (κ2) is 5.47. The van der Waals surface area contributed by atoms with Gasteiger partial charge in [0.25, 0.3) is 5.91 Å². The third kappa shape index (κ3) is 3.41. The number of halogens is 2. The number of aromatic hydroxyl groups is 2. The standard InChI is InChI=1S/C11H13Cl2NO3/c1-11(5-12,6-13)14-10(17)8-4-7(15)2-3-9(8)16/h2-4,15-16H,5-6H2,1H3,(H,14,17). The Morgan fingerprint density at radius 3 is 2.47 bits per heavy atom. The molecular formula is C11H13Cl2NO3. The minimum absolute atomic E-state index is 0.0218. The minimum atomic E-state index is -0.766. The van der Waals surface area contributed by atoms with Crippen LogP contribution in [0.5, 0.6) is 11.5 Å². The van der Waals surface area contributed by atoms with Gasteiger partial charge in [-0.3, -0.25) is 4.79 Å². The van der Waals surface area contributed by atoms with E-state index in [0.717, 1.165) is 0 Å². The highest BCUT2D eigenvalue weighted by molar-refractivity contribution is 6.22. The Morgan fingerprint density at radius 2 is 1.94 bits per heavy atom. The van der Waals surface area contributed by atoms with E-state index in [-0.39, 0.29) is 28.8 Å². The molecule has 17 heavy (non-hydrogen) atoms. The first-order chi connectivity index (χ1) is 7.91. The summed E-state index contributed by atoms with van der Waals surface area (Å²) in [6.07, 6.45) is 0. The van der Waals surface area contributed by atoms with E-state index < -0.39 is 11.4 Å². The van der Waals surface area contributed by atoms with Crippen LogP contribution < -0.4 is 5.32 Å². The summed E-state index contributed by atoms with van der Waals surface area (Å²) >= 11 is 11.4. The first-order valence-corrected chi connectivity index (χ1v) is 5.95. The summed E-state index contributed by atoms with van der Waals surface area (Å²) in [5.74, 6) is -0.579. The largest absolute Gasteiger partial charge is 0.508 e. The number of rotatable bonds is 4. The highest BCUT2D eigenvalue weighted by Crippen LogP contribution is 2.22. The van der Waals surface area contributed by atoms with Crippen molar-refractivity contribution in [2.75, 3.05) is 11.8 Å². The van der Waals surface area contributed by atoms with Gasteiger partial charge in [0.2, 0.25) is 0 Å².